The second-order valence-electron chi connectivity index (χ2n) is 5.22. The number of aromatic nitrogens is 1. The average Bonchev–Trinajstić information content (AvgIpc) is 2.60. The number of hydrogen-bond acceptors (Lipinski definition) is 6. The molecule has 7 nitrogen and oxygen atoms in total. The summed E-state index contributed by atoms with van der Waals surface area (Å²) in [4.78, 5) is 40.9. The summed E-state index contributed by atoms with van der Waals surface area (Å²) in [6.45, 7) is 2.77. The van der Waals surface area contributed by atoms with Gasteiger partial charge in [-0.15, -0.1) is 0 Å². The van der Waals surface area contributed by atoms with E-state index in [1.54, 1.807) is 11.8 Å². The fraction of sp³-hybridized carbons (Fsp3) is 0.500. The van der Waals surface area contributed by atoms with Crippen LogP contribution < -0.4 is 0 Å². The second-order valence-corrected chi connectivity index (χ2v) is 5.22. The first-order valence-corrected chi connectivity index (χ1v) is 7.63. The molecule has 0 atom stereocenters. The van der Waals surface area contributed by atoms with Crippen molar-refractivity contribution in [3.05, 3.63) is 30.1 Å². The van der Waals surface area contributed by atoms with Crippen LogP contribution in [0.2, 0.25) is 0 Å². The first-order valence-electron chi connectivity index (χ1n) is 7.63. The molecule has 1 fully saturated rings. The number of ether oxygens (including phenoxy) is 2. The zero-order valence-corrected chi connectivity index (χ0v) is 13.1. The highest BCUT2D eigenvalue weighted by Gasteiger charge is 2.28. The predicted octanol–water partition coefficient (Wildman–Crippen LogP) is 1.04. The summed E-state index contributed by atoms with van der Waals surface area (Å²) in [6.07, 6.45) is 4.11. The molecule has 1 amide bonds. The molecule has 2 rings (SSSR count). The lowest BCUT2D eigenvalue weighted by molar-refractivity contribution is -0.151. The number of esters is 2. The average molecular weight is 320 g/mol. The molecule has 2 heterocycles. The molecule has 0 bridgehead atoms. The Kier molecular flexibility index (Phi) is 6.08. The summed E-state index contributed by atoms with van der Waals surface area (Å²) >= 11 is 0. The number of piperidine rings is 1. The third-order valence-electron chi connectivity index (χ3n) is 3.71. The number of pyridine rings is 1. The lowest BCUT2D eigenvalue weighted by Crippen LogP contribution is -2.42. The van der Waals surface area contributed by atoms with Crippen LogP contribution in [-0.4, -0.2) is 54.0 Å². The second kappa shape index (κ2) is 8.26. The fourth-order valence-electron chi connectivity index (χ4n) is 2.41. The molecule has 0 spiro atoms. The zero-order valence-electron chi connectivity index (χ0n) is 13.1. The third-order valence-corrected chi connectivity index (χ3v) is 3.71. The Morgan fingerprint density at radius 2 is 1.83 bits per heavy atom. The van der Waals surface area contributed by atoms with Gasteiger partial charge in [0.15, 0.2) is 6.61 Å². The SMILES string of the molecule is CCOC(=O)C1CCN(C(=O)COC(=O)c2ccncc2)CC1. The van der Waals surface area contributed by atoms with Gasteiger partial charge in [0.2, 0.25) is 0 Å². The van der Waals surface area contributed by atoms with E-state index in [4.69, 9.17) is 9.47 Å². The maximum Gasteiger partial charge on any atom is 0.338 e. The Morgan fingerprint density at radius 3 is 2.43 bits per heavy atom. The predicted molar refractivity (Wildman–Crippen MR) is 80.5 cm³/mol. The van der Waals surface area contributed by atoms with Gasteiger partial charge in [0.25, 0.3) is 5.91 Å². The van der Waals surface area contributed by atoms with Gasteiger partial charge >= 0.3 is 11.9 Å². The minimum absolute atomic E-state index is 0.154. The van der Waals surface area contributed by atoms with Gasteiger partial charge in [0, 0.05) is 25.5 Å². The van der Waals surface area contributed by atoms with Crippen molar-refractivity contribution in [2.75, 3.05) is 26.3 Å². The van der Waals surface area contributed by atoms with E-state index in [0.717, 1.165) is 0 Å². The molecule has 1 aliphatic rings. The minimum Gasteiger partial charge on any atom is -0.466 e. The van der Waals surface area contributed by atoms with Crippen LogP contribution in [0.5, 0.6) is 0 Å². The number of carbonyl (C=O) groups excluding carboxylic acids is 3. The van der Waals surface area contributed by atoms with E-state index in [2.05, 4.69) is 4.98 Å². The van der Waals surface area contributed by atoms with Crippen LogP contribution in [-0.2, 0) is 19.1 Å². The number of amides is 1. The molecule has 0 aliphatic carbocycles. The van der Waals surface area contributed by atoms with E-state index in [1.165, 1.54) is 24.5 Å². The minimum atomic E-state index is -0.554. The molecule has 7 heteroatoms. The lowest BCUT2D eigenvalue weighted by Gasteiger charge is -2.30. The van der Waals surface area contributed by atoms with E-state index in [-0.39, 0.29) is 24.4 Å². The van der Waals surface area contributed by atoms with Gasteiger partial charge < -0.3 is 14.4 Å². The molecule has 0 unspecified atom stereocenters. The maximum absolute atomic E-state index is 12.1. The maximum atomic E-state index is 12.1. The lowest BCUT2D eigenvalue weighted by atomic mass is 9.97. The van der Waals surface area contributed by atoms with Crippen molar-refractivity contribution in [2.45, 2.75) is 19.8 Å². The van der Waals surface area contributed by atoms with Crippen molar-refractivity contribution in [3.8, 4) is 0 Å². The molecule has 124 valence electrons. The van der Waals surface area contributed by atoms with Crippen molar-refractivity contribution < 1.29 is 23.9 Å². The summed E-state index contributed by atoms with van der Waals surface area (Å²) in [7, 11) is 0. The number of nitrogens with zero attached hydrogens (tertiary/aromatic N) is 2. The highest BCUT2D eigenvalue weighted by molar-refractivity contribution is 5.91. The van der Waals surface area contributed by atoms with Crippen LogP contribution in [0, 0.1) is 5.92 Å². The number of likely N-dealkylation sites (tertiary alicyclic amines) is 1. The van der Waals surface area contributed by atoms with Crippen LogP contribution in [0.1, 0.15) is 30.1 Å². The molecule has 0 saturated carbocycles. The monoisotopic (exact) mass is 320 g/mol. The van der Waals surface area contributed by atoms with Gasteiger partial charge in [-0.25, -0.2) is 4.79 Å². The Hall–Kier alpha value is -2.44. The number of hydrogen-bond donors (Lipinski definition) is 0. The highest BCUT2D eigenvalue weighted by Crippen LogP contribution is 2.18. The Balaban J connectivity index is 1.75. The van der Waals surface area contributed by atoms with E-state index in [1.807, 2.05) is 0 Å². The van der Waals surface area contributed by atoms with Crippen LogP contribution in [0.15, 0.2) is 24.5 Å². The van der Waals surface area contributed by atoms with Gasteiger partial charge in [-0.2, -0.15) is 0 Å². The van der Waals surface area contributed by atoms with Crippen LogP contribution in [0.4, 0.5) is 0 Å². The van der Waals surface area contributed by atoms with E-state index in [9.17, 15) is 14.4 Å². The van der Waals surface area contributed by atoms with E-state index in [0.29, 0.717) is 38.1 Å². The standard InChI is InChI=1S/C16H20N2O5/c1-2-22-15(20)13-5-9-18(10-6-13)14(19)11-23-16(21)12-3-7-17-8-4-12/h3-4,7-8,13H,2,5-6,9-11H2,1H3. The summed E-state index contributed by atoms with van der Waals surface area (Å²) in [5.74, 6) is -1.17. The topological polar surface area (TPSA) is 85.8 Å². The Morgan fingerprint density at radius 1 is 1.17 bits per heavy atom. The largest absolute Gasteiger partial charge is 0.466 e. The first kappa shape index (κ1) is 16.9. The molecule has 1 aliphatic heterocycles. The number of carbonyl (C=O) groups is 3. The molecule has 0 N–H and O–H groups in total. The molecular formula is C16H20N2O5. The quantitative estimate of drug-likeness (QED) is 0.754. The van der Waals surface area contributed by atoms with Crippen LogP contribution in [0.25, 0.3) is 0 Å². The highest BCUT2D eigenvalue weighted by atomic mass is 16.5. The molecule has 1 saturated heterocycles. The van der Waals surface area contributed by atoms with Crippen LogP contribution in [0.3, 0.4) is 0 Å². The zero-order chi connectivity index (χ0) is 16.7. The molecule has 0 aromatic carbocycles. The van der Waals surface area contributed by atoms with Crippen molar-refractivity contribution in [1.82, 2.24) is 9.88 Å². The molecule has 23 heavy (non-hydrogen) atoms. The van der Waals surface area contributed by atoms with Crippen molar-refractivity contribution >= 4 is 17.8 Å². The van der Waals surface area contributed by atoms with Gasteiger partial charge in [0.1, 0.15) is 0 Å². The smallest absolute Gasteiger partial charge is 0.338 e. The van der Waals surface area contributed by atoms with Gasteiger partial charge in [-0.1, -0.05) is 0 Å². The summed E-state index contributed by atoms with van der Waals surface area (Å²) < 4.78 is 9.99. The fourth-order valence-corrected chi connectivity index (χ4v) is 2.41. The van der Waals surface area contributed by atoms with Gasteiger partial charge in [-0.3, -0.25) is 14.6 Å². The summed E-state index contributed by atoms with van der Waals surface area (Å²) in [5.41, 5.74) is 0.355. The molecule has 0 radical (unpaired) electrons. The van der Waals surface area contributed by atoms with Gasteiger partial charge in [0.05, 0.1) is 18.1 Å². The Bertz CT molecular complexity index is 553. The first-order chi connectivity index (χ1) is 11.1. The summed E-state index contributed by atoms with van der Waals surface area (Å²) in [5, 5.41) is 0. The van der Waals surface area contributed by atoms with Crippen molar-refractivity contribution in [2.24, 2.45) is 5.92 Å². The molecule has 1 aromatic rings. The normalized spacial score (nSPS) is 15.1. The van der Waals surface area contributed by atoms with Gasteiger partial charge in [-0.05, 0) is 31.9 Å². The van der Waals surface area contributed by atoms with Crippen molar-refractivity contribution in [3.63, 3.8) is 0 Å². The Labute approximate surface area is 134 Å². The van der Waals surface area contributed by atoms with E-state index >= 15 is 0 Å². The molecule has 1 aromatic heterocycles. The van der Waals surface area contributed by atoms with Crippen LogP contribution >= 0.6 is 0 Å². The van der Waals surface area contributed by atoms with Crippen molar-refractivity contribution in [1.29, 1.82) is 0 Å². The summed E-state index contributed by atoms with van der Waals surface area (Å²) in [6, 6.07) is 3.05. The van der Waals surface area contributed by atoms with E-state index < -0.39 is 5.97 Å². The molecular weight excluding hydrogens is 300 g/mol. The third kappa shape index (κ3) is 4.77. The number of rotatable bonds is 5.